The molecule has 0 heterocycles. The van der Waals surface area contributed by atoms with Crippen molar-refractivity contribution >= 4 is 5.97 Å². The Morgan fingerprint density at radius 1 is 1.70 bits per heavy atom. The van der Waals surface area contributed by atoms with Crippen LogP contribution in [0.2, 0.25) is 0 Å². The van der Waals surface area contributed by atoms with Crippen LogP contribution in [-0.2, 0) is 4.79 Å². The predicted molar refractivity (Wildman–Crippen MR) is 37.8 cm³/mol. The fourth-order valence-corrected chi connectivity index (χ4v) is 1.62. The van der Waals surface area contributed by atoms with Gasteiger partial charge in [0.15, 0.2) is 0 Å². The Hall–Kier alpha value is -0.570. The van der Waals surface area contributed by atoms with Crippen molar-refractivity contribution in [3.63, 3.8) is 0 Å². The van der Waals surface area contributed by atoms with E-state index in [2.05, 4.69) is 12.2 Å². The van der Waals surface area contributed by atoms with Gasteiger partial charge in [-0.2, -0.15) is 0 Å². The van der Waals surface area contributed by atoms with E-state index in [-0.39, 0.29) is 0 Å². The van der Waals surface area contributed by atoms with E-state index in [4.69, 9.17) is 5.11 Å². The Bertz CT molecular complexity index is 150. The SMILES string of the molecule is CNC1(C(=O)O)CC(C)C1. The van der Waals surface area contributed by atoms with Gasteiger partial charge in [0.05, 0.1) is 0 Å². The summed E-state index contributed by atoms with van der Waals surface area (Å²) in [6.45, 7) is 2.07. The number of carbonyl (C=O) groups is 1. The molecule has 1 aliphatic rings. The Morgan fingerprint density at radius 2 is 2.20 bits per heavy atom. The number of carboxylic acid groups (broad SMARTS) is 1. The molecule has 2 N–H and O–H groups in total. The lowest BCUT2D eigenvalue weighted by Gasteiger charge is -2.42. The molecule has 0 unspecified atom stereocenters. The molecule has 3 heteroatoms. The summed E-state index contributed by atoms with van der Waals surface area (Å²) < 4.78 is 0. The van der Waals surface area contributed by atoms with Crippen molar-refractivity contribution < 1.29 is 9.90 Å². The summed E-state index contributed by atoms with van der Waals surface area (Å²) in [5.41, 5.74) is -0.598. The number of likely N-dealkylation sites (N-methyl/N-ethyl adjacent to an activating group) is 1. The van der Waals surface area contributed by atoms with Gasteiger partial charge in [-0.05, 0) is 25.8 Å². The maximum Gasteiger partial charge on any atom is 0.323 e. The molecule has 58 valence electrons. The largest absolute Gasteiger partial charge is 0.480 e. The van der Waals surface area contributed by atoms with E-state index >= 15 is 0 Å². The van der Waals surface area contributed by atoms with Crippen LogP contribution in [0.15, 0.2) is 0 Å². The molecular weight excluding hydrogens is 130 g/mol. The Morgan fingerprint density at radius 3 is 2.30 bits per heavy atom. The van der Waals surface area contributed by atoms with Crippen LogP contribution < -0.4 is 5.32 Å². The van der Waals surface area contributed by atoms with Crippen LogP contribution in [0, 0.1) is 5.92 Å². The lowest BCUT2D eigenvalue weighted by molar-refractivity contribution is -0.150. The average Bonchev–Trinajstić information content (AvgIpc) is 1.79. The third kappa shape index (κ3) is 0.904. The summed E-state index contributed by atoms with van der Waals surface area (Å²) >= 11 is 0. The molecule has 1 rings (SSSR count). The lowest BCUT2D eigenvalue weighted by Crippen LogP contribution is -2.58. The topological polar surface area (TPSA) is 49.3 Å². The molecule has 0 aliphatic heterocycles. The highest BCUT2D eigenvalue weighted by Crippen LogP contribution is 2.37. The molecule has 0 radical (unpaired) electrons. The van der Waals surface area contributed by atoms with Crippen molar-refractivity contribution in [1.29, 1.82) is 0 Å². The molecule has 1 fully saturated rings. The fourth-order valence-electron chi connectivity index (χ4n) is 1.62. The van der Waals surface area contributed by atoms with E-state index in [0.29, 0.717) is 5.92 Å². The monoisotopic (exact) mass is 143 g/mol. The first-order valence-corrected chi connectivity index (χ1v) is 3.53. The van der Waals surface area contributed by atoms with Gasteiger partial charge in [-0.15, -0.1) is 0 Å². The second-order valence-corrected chi connectivity index (χ2v) is 3.15. The maximum absolute atomic E-state index is 10.6. The summed E-state index contributed by atoms with van der Waals surface area (Å²) in [6, 6.07) is 0. The predicted octanol–water partition coefficient (Wildman–Crippen LogP) is 0.459. The van der Waals surface area contributed by atoms with Crippen LogP contribution in [0.3, 0.4) is 0 Å². The third-order valence-electron chi connectivity index (χ3n) is 2.28. The van der Waals surface area contributed by atoms with Crippen LogP contribution >= 0.6 is 0 Å². The smallest absolute Gasteiger partial charge is 0.323 e. The van der Waals surface area contributed by atoms with Crippen LogP contribution in [0.4, 0.5) is 0 Å². The van der Waals surface area contributed by atoms with Gasteiger partial charge in [-0.25, -0.2) is 0 Å². The van der Waals surface area contributed by atoms with Gasteiger partial charge >= 0.3 is 5.97 Å². The number of hydrogen-bond acceptors (Lipinski definition) is 2. The highest BCUT2D eigenvalue weighted by atomic mass is 16.4. The molecule has 0 atom stereocenters. The summed E-state index contributed by atoms with van der Waals surface area (Å²) in [7, 11) is 1.71. The third-order valence-corrected chi connectivity index (χ3v) is 2.28. The first kappa shape index (κ1) is 7.54. The van der Waals surface area contributed by atoms with E-state index in [1.807, 2.05) is 0 Å². The molecule has 0 aromatic carbocycles. The van der Waals surface area contributed by atoms with Crippen molar-refractivity contribution in [3.8, 4) is 0 Å². The number of carboxylic acids is 1. The molecule has 10 heavy (non-hydrogen) atoms. The van der Waals surface area contributed by atoms with Crippen molar-refractivity contribution in [2.24, 2.45) is 5.92 Å². The molecule has 0 aromatic rings. The molecule has 3 nitrogen and oxygen atoms in total. The van der Waals surface area contributed by atoms with Crippen molar-refractivity contribution in [2.45, 2.75) is 25.3 Å². The van der Waals surface area contributed by atoms with Crippen LogP contribution in [0.1, 0.15) is 19.8 Å². The lowest BCUT2D eigenvalue weighted by atomic mass is 9.69. The van der Waals surface area contributed by atoms with Gasteiger partial charge in [0.25, 0.3) is 0 Å². The van der Waals surface area contributed by atoms with E-state index in [0.717, 1.165) is 12.8 Å². The molecule has 0 amide bonds. The molecule has 0 bridgehead atoms. The number of hydrogen-bond donors (Lipinski definition) is 2. The minimum atomic E-state index is -0.715. The van der Waals surface area contributed by atoms with E-state index in [9.17, 15) is 4.79 Å². The van der Waals surface area contributed by atoms with Gasteiger partial charge in [0, 0.05) is 0 Å². The van der Waals surface area contributed by atoms with Crippen molar-refractivity contribution in [1.82, 2.24) is 5.32 Å². The zero-order valence-electron chi connectivity index (χ0n) is 6.35. The number of aliphatic carboxylic acids is 1. The van der Waals surface area contributed by atoms with Crippen LogP contribution in [0.5, 0.6) is 0 Å². The fraction of sp³-hybridized carbons (Fsp3) is 0.857. The first-order valence-electron chi connectivity index (χ1n) is 3.53. The van der Waals surface area contributed by atoms with E-state index in [1.165, 1.54) is 0 Å². The quantitative estimate of drug-likeness (QED) is 0.590. The van der Waals surface area contributed by atoms with Gasteiger partial charge < -0.3 is 10.4 Å². The maximum atomic E-state index is 10.6. The second kappa shape index (κ2) is 2.23. The minimum absolute atomic E-state index is 0.559. The zero-order chi connectivity index (χ0) is 7.78. The second-order valence-electron chi connectivity index (χ2n) is 3.15. The molecule has 1 saturated carbocycles. The van der Waals surface area contributed by atoms with E-state index in [1.54, 1.807) is 7.05 Å². The Balaban J connectivity index is 2.56. The van der Waals surface area contributed by atoms with Gasteiger partial charge in [-0.3, -0.25) is 4.79 Å². The number of rotatable bonds is 2. The highest BCUT2D eigenvalue weighted by Gasteiger charge is 2.47. The summed E-state index contributed by atoms with van der Waals surface area (Å²) in [5.74, 6) is -0.156. The van der Waals surface area contributed by atoms with Gasteiger partial charge in [-0.1, -0.05) is 6.92 Å². The first-order chi connectivity index (χ1) is 4.60. The molecular formula is C7H13NO2. The van der Waals surface area contributed by atoms with Gasteiger partial charge in [0.1, 0.15) is 5.54 Å². The van der Waals surface area contributed by atoms with Gasteiger partial charge in [0.2, 0.25) is 0 Å². The molecule has 0 saturated heterocycles. The Kier molecular flexibility index (Phi) is 1.68. The molecule has 0 aromatic heterocycles. The van der Waals surface area contributed by atoms with Crippen LogP contribution in [0.25, 0.3) is 0 Å². The van der Waals surface area contributed by atoms with Crippen LogP contribution in [-0.4, -0.2) is 23.7 Å². The minimum Gasteiger partial charge on any atom is -0.480 e. The number of nitrogens with one attached hydrogen (secondary N) is 1. The summed E-state index contributed by atoms with van der Waals surface area (Å²) in [5, 5.41) is 11.6. The molecule has 0 spiro atoms. The highest BCUT2D eigenvalue weighted by molar-refractivity contribution is 5.80. The Labute approximate surface area is 60.4 Å². The standard InChI is InChI=1S/C7H13NO2/c1-5-3-7(4-5,8-2)6(9)10/h5,8H,3-4H2,1-2H3,(H,9,10). The van der Waals surface area contributed by atoms with E-state index < -0.39 is 11.5 Å². The zero-order valence-corrected chi connectivity index (χ0v) is 6.35. The summed E-state index contributed by atoms with van der Waals surface area (Å²) in [4.78, 5) is 10.6. The normalized spacial score (nSPS) is 38.8. The van der Waals surface area contributed by atoms with Crippen molar-refractivity contribution in [3.05, 3.63) is 0 Å². The molecule has 1 aliphatic carbocycles. The van der Waals surface area contributed by atoms with Crippen molar-refractivity contribution in [2.75, 3.05) is 7.05 Å². The average molecular weight is 143 g/mol. The summed E-state index contributed by atoms with van der Waals surface area (Å²) in [6.07, 6.45) is 1.53.